The van der Waals surface area contributed by atoms with Gasteiger partial charge in [0.15, 0.2) is 31.5 Å². The molecule has 0 spiro atoms. The molecule has 5 heterocycles. The van der Waals surface area contributed by atoms with Gasteiger partial charge in [0.2, 0.25) is 17.7 Å². The number of unbranched alkanes of at least 4 members (excludes halogenated alkanes) is 33. The summed E-state index contributed by atoms with van der Waals surface area (Å²) in [5, 5.41) is 175. The molecule has 109 heavy (non-hydrogen) atoms. The van der Waals surface area contributed by atoms with Crippen molar-refractivity contribution in [3.8, 4) is 0 Å². The lowest BCUT2D eigenvalue weighted by molar-refractivity contribution is -0.390. The number of aliphatic hydroxyl groups is 15. The standard InChI is InChI=1S/C78H143N3O28/c1-5-7-9-11-13-15-17-19-20-21-22-23-24-25-26-27-28-30-32-34-36-38-40-42-58(89)81-51(52(88)41-39-37-35-33-31-29-18-16-14-12-10-8-6-2)47-100-76-68(97)67(96)71(56(46-85)105-76)107-78-70(99)73(64(93)57(106-78)48-101-74-59(79-49(3)86)65(94)61(90)53(43-82)102-74)109-77-69(98)72(63(92)55(45-84)104-77)108-75-60(80-50(4)87)66(95)62(91)54(44-83)103-75/h39,41,51-57,59-78,82-85,88,90-99H,5-38,40,42-48H2,1-4H3,(H,79,86)(H,80,87)(H,81,89)/b41-39+/t51-,52+,53?,54?,55?,56?,57?,59?,60?,61+,62-,63-,64-,65+,66+,67+,68?,69?,70?,71+,72-,73-,74+,75-,76+,77+,78-/m0/s1. The van der Waals surface area contributed by atoms with Crippen LogP contribution in [0.15, 0.2) is 12.2 Å². The summed E-state index contributed by atoms with van der Waals surface area (Å²) in [6, 6.07) is -4.22. The lowest BCUT2D eigenvalue weighted by Crippen LogP contribution is -2.69. The highest BCUT2D eigenvalue weighted by atomic mass is 16.8. The summed E-state index contributed by atoms with van der Waals surface area (Å²) in [6.45, 7) is 1.60. The first-order valence-electron chi connectivity index (χ1n) is 41.4. The lowest BCUT2D eigenvalue weighted by atomic mass is 9.94. The Morgan fingerprint density at radius 3 is 1.15 bits per heavy atom. The Balaban J connectivity index is 1.24. The van der Waals surface area contributed by atoms with Gasteiger partial charge in [-0.2, -0.15) is 0 Å². The van der Waals surface area contributed by atoms with E-state index in [4.69, 9.17) is 47.4 Å². The molecule has 31 heteroatoms. The summed E-state index contributed by atoms with van der Waals surface area (Å²) in [5.41, 5.74) is 0. The number of carbonyl (C=O) groups is 3. The smallest absolute Gasteiger partial charge is 0.220 e. The Bertz CT molecular complexity index is 2420. The topological polar surface area (TPSA) is 483 Å². The maximum Gasteiger partial charge on any atom is 0.220 e. The number of hydrogen-bond acceptors (Lipinski definition) is 28. The highest BCUT2D eigenvalue weighted by Crippen LogP contribution is 2.36. The molecule has 0 aromatic heterocycles. The van der Waals surface area contributed by atoms with Crippen molar-refractivity contribution in [2.24, 2.45) is 0 Å². The molecule has 5 rings (SSSR count). The molecular formula is C78H143N3O28. The number of ether oxygens (including phenoxy) is 10. The third-order valence-electron chi connectivity index (χ3n) is 21.6. The fourth-order valence-electron chi connectivity index (χ4n) is 14.9. The summed E-state index contributed by atoms with van der Waals surface area (Å²) in [4.78, 5) is 38.3. The van der Waals surface area contributed by atoms with Crippen LogP contribution in [-0.4, -0.2) is 300 Å². The van der Waals surface area contributed by atoms with E-state index in [0.717, 1.165) is 65.2 Å². The van der Waals surface area contributed by atoms with E-state index in [9.17, 15) is 91.0 Å². The predicted molar refractivity (Wildman–Crippen MR) is 398 cm³/mol. The normalized spacial score (nSPS) is 33.6. The van der Waals surface area contributed by atoms with Crippen LogP contribution in [0.2, 0.25) is 0 Å². The molecule has 5 aliphatic rings. The van der Waals surface area contributed by atoms with E-state index >= 15 is 0 Å². The minimum absolute atomic E-state index is 0.170. The van der Waals surface area contributed by atoms with Gasteiger partial charge in [-0.25, -0.2) is 0 Å². The van der Waals surface area contributed by atoms with Crippen LogP contribution in [0.25, 0.3) is 0 Å². The number of amides is 3. The highest BCUT2D eigenvalue weighted by molar-refractivity contribution is 5.76. The fraction of sp³-hybridized carbons (Fsp3) is 0.936. The zero-order valence-electron chi connectivity index (χ0n) is 65.5. The monoisotopic (exact) mass is 1570 g/mol. The van der Waals surface area contributed by atoms with Crippen molar-refractivity contribution in [3.63, 3.8) is 0 Å². The van der Waals surface area contributed by atoms with E-state index in [1.807, 2.05) is 6.08 Å². The third-order valence-corrected chi connectivity index (χ3v) is 21.6. The van der Waals surface area contributed by atoms with Crippen LogP contribution in [0.4, 0.5) is 0 Å². The number of nitrogens with one attached hydrogen (secondary N) is 3. The quantitative estimate of drug-likeness (QED) is 0.0307. The van der Waals surface area contributed by atoms with Crippen LogP contribution in [0.3, 0.4) is 0 Å². The first-order valence-corrected chi connectivity index (χ1v) is 41.4. The number of hydrogen-bond donors (Lipinski definition) is 18. The molecule has 638 valence electrons. The summed E-state index contributed by atoms with van der Waals surface area (Å²) in [5.74, 6) is -1.81. The second-order valence-corrected chi connectivity index (χ2v) is 30.7. The van der Waals surface area contributed by atoms with Crippen LogP contribution in [0.5, 0.6) is 0 Å². The highest BCUT2D eigenvalue weighted by Gasteiger charge is 2.57. The van der Waals surface area contributed by atoms with Gasteiger partial charge in [0.05, 0.1) is 51.8 Å². The number of rotatable bonds is 57. The van der Waals surface area contributed by atoms with Gasteiger partial charge in [0.25, 0.3) is 0 Å². The molecule has 0 bridgehead atoms. The first-order chi connectivity index (χ1) is 52.5. The summed E-state index contributed by atoms with van der Waals surface area (Å²) >= 11 is 0. The van der Waals surface area contributed by atoms with Gasteiger partial charge >= 0.3 is 0 Å². The van der Waals surface area contributed by atoms with Crippen molar-refractivity contribution >= 4 is 17.7 Å². The minimum Gasteiger partial charge on any atom is -0.394 e. The average molecular weight is 1570 g/mol. The van der Waals surface area contributed by atoms with E-state index in [0.29, 0.717) is 12.8 Å². The minimum atomic E-state index is -2.27. The fourth-order valence-corrected chi connectivity index (χ4v) is 14.9. The molecule has 27 atom stereocenters. The van der Waals surface area contributed by atoms with Gasteiger partial charge in [-0.05, 0) is 19.3 Å². The lowest BCUT2D eigenvalue weighted by Gasteiger charge is -2.50. The van der Waals surface area contributed by atoms with Crippen LogP contribution in [0, 0.1) is 0 Å². The second-order valence-electron chi connectivity index (χ2n) is 30.7. The molecule has 5 saturated heterocycles. The number of carbonyl (C=O) groups excluding carboxylic acids is 3. The Labute approximate surface area is 645 Å². The Kier molecular flexibility index (Phi) is 48.7. The molecule has 0 aromatic rings. The predicted octanol–water partition coefficient (Wildman–Crippen LogP) is 2.87. The molecule has 0 aromatic carbocycles. The molecular weight excluding hydrogens is 1430 g/mol. The molecule has 31 nitrogen and oxygen atoms in total. The summed E-state index contributed by atoms with van der Waals surface area (Å²) in [7, 11) is 0. The molecule has 10 unspecified atom stereocenters. The molecule has 3 amide bonds. The molecule has 5 aliphatic heterocycles. The van der Waals surface area contributed by atoms with Crippen LogP contribution in [-0.2, 0) is 61.8 Å². The molecule has 0 saturated carbocycles. The Hall–Kier alpha value is -2.85. The maximum absolute atomic E-state index is 13.6. The van der Waals surface area contributed by atoms with Crippen molar-refractivity contribution in [3.05, 3.63) is 12.2 Å². The van der Waals surface area contributed by atoms with E-state index < -0.39 is 217 Å². The van der Waals surface area contributed by atoms with Gasteiger partial charge in [0.1, 0.15) is 122 Å². The van der Waals surface area contributed by atoms with Crippen molar-refractivity contribution in [1.29, 1.82) is 0 Å². The molecule has 18 N–H and O–H groups in total. The zero-order chi connectivity index (χ0) is 79.6. The van der Waals surface area contributed by atoms with Gasteiger partial charge in [0, 0.05) is 20.3 Å². The van der Waals surface area contributed by atoms with Gasteiger partial charge in [-0.15, -0.1) is 0 Å². The van der Waals surface area contributed by atoms with Crippen LogP contribution in [0.1, 0.15) is 259 Å². The summed E-state index contributed by atoms with van der Waals surface area (Å²) in [6.07, 6.45) is 0.837. The number of allylic oxidation sites excluding steroid dienone is 1. The average Bonchev–Trinajstić information content (AvgIpc) is 0.776. The van der Waals surface area contributed by atoms with Crippen LogP contribution >= 0.6 is 0 Å². The van der Waals surface area contributed by atoms with E-state index in [1.165, 1.54) is 161 Å². The van der Waals surface area contributed by atoms with Gasteiger partial charge in [-0.3, -0.25) is 14.4 Å². The van der Waals surface area contributed by atoms with Crippen LogP contribution < -0.4 is 16.0 Å². The van der Waals surface area contributed by atoms with Crippen molar-refractivity contribution in [2.75, 3.05) is 39.6 Å². The van der Waals surface area contributed by atoms with Crippen molar-refractivity contribution in [2.45, 2.75) is 424 Å². The largest absolute Gasteiger partial charge is 0.394 e. The van der Waals surface area contributed by atoms with E-state index in [-0.39, 0.29) is 12.3 Å². The van der Waals surface area contributed by atoms with Crippen molar-refractivity contribution in [1.82, 2.24) is 16.0 Å². The second kappa shape index (κ2) is 54.9. The third kappa shape index (κ3) is 33.4. The SMILES string of the molecule is CCCCCCCCCCCCC/C=C/[C@@H](O)[C@H](CO[C@@H]1OC(CO)[C@@H](O[C@@H]2OC(CO[C@@H]3OC(CO)[C@@H](O)[C@H](O)C3NC(C)=O)[C@H](O)[C@H](O[C@H]3OC(CO)[C@H](O)[C@H](O[C@@H]4OC(CO)[C@H](O)[C@H](O)C4NC(C)=O)C3O)C2O)[C@H](O)C1O)NC(=O)CCCCCCCCCCCCCCCCCCCCCCCCC. The molecule has 5 fully saturated rings. The zero-order valence-corrected chi connectivity index (χ0v) is 65.5. The molecule has 0 radical (unpaired) electrons. The Morgan fingerprint density at radius 1 is 0.367 bits per heavy atom. The first kappa shape index (κ1) is 96.7. The molecule has 0 aliphatic carbocycles. The summed E-state index contributed by atoms with van der Waals surface area (Å²) < 4.78 is 59.4. The van der Waals surface area contributed by atoms with Gasteiger partial charge in [-0.1, -0.05) is 231 Å². The maximum atomic E-state index is 13.6. The van der Waals surface area contributed by atoms with E-state index in [1.54, 1.807) is 6.08 Å². The number of aliphatic hydroxyl groups excluding tert-OH is 15. The van der Waals surface area contributed by atoms with Gasteiger partial charge < -0.3 is 140 Å². The Morgan fingerprint density at radius 2 is 0.716 bits per heavy atom. The van der Waals surface area contributed by atoms with E-state index in [2.05, 4.69) is 29.8 Å². The van der Waals surface area contributed by atoms with Crippen molar-refractivity contribution < 1.29 is 138 Å².